The summed E-state index contributed by atoms with van der Waals surface area (Å²) in [6.45, 7) is 4.41. The third-order valence-corrected chi connectivity index (χ3v) is 6.95. The second-order valence-electron chi connectivity index (χ2n) is 5.86. The molecule has 0 aliphatic carbocycles. The van der Waals surface area contributed by atoms with Gasteiger partial charge in [-0.3, -0.25) is 4.79 Å². The monoisotopic (exact) mass is 383 g/mol. The van der Waals surface area contributed by atoms with Crippen LogP contribution >= 0.6 is 11.3 Å². The van der Waals surface area contributed by atoms with Crippen molar-refractivity contribution in [1.82, 2.24) is 14.2 Å². The average molecular weight is 383 g/mol. The number of thiazole rings is 1. The molecule has 0 saturated carbocycles. The predicted octanol–water partition coefficient (Wildman–Crippen LogP) is 2.05. The smallest absolute Gasteiger partial charge is 0.273 e. The first-order valence-electron chi connectivity index (χ1n) is 7.77. The molecule has 1 aromatic carbocycles. The Hall–Kier alpha value is -1.84. The van der Waals surface area contributed by atoms with E-state index in [1.165, 1.54) is 27.8 Å². The van der Waals surface area contributed by atoms with Crippen LogP contribution in [0.5, 0.6) is 0 Å². The van der Waals surface area contributed by atoms with Crippen molar-refractivity contribution in [2.24, 2.45) is 0 Å². The first-order chi connectivity index (χ1) is 11.8. The lowest BCUT2D eigenvalue weighted by Gasteiger charge is -2.33. The van der Waals surface area contributed by atoms with Crippen molar-refractivity contribution in [3.63, 3.8) is 0 Å². The van der Waals surface area contributed by atoms with Gasteiger partial charge in [0.25, 0.3) is 5.91 Å². The van der Waals surface area contributed by atoms with Gasteiger partial charge in [0.15, 0.2) is 0 Å². The van der Waals surface area contributed by atoms with Gasteiger partial charge in [0.2, 0.25) is 10.0 Å². The predicted molar refractivity (Wildman–Crippen MR) is 92.7 cm³/mol. The summed E-state index contributed by atoms with van der Waals surface area (Å²) in [6, 6.07) is 3.64. The molecule has 9 heteroatoms. The zero-order valence-electron chi connectivity index (χ0n) is 13.9. The molecule has 2 heterocycles. The van der Waals surface area contributed by atoms with Crippen LogP contribution in [0, 0.1) is 19.7 Å². The Morgan fingerprint density at radius 3 is 2.44 bits per heavy atom. The largest absolute Gasteiger partial charge is 0.335 e. The van der Waals surface area contributed by atoms with Crippen molar-refractivity contribution in [1.29, 1.82) is 0 Å². The molecule has 0 bridgehead atoms. The quantitative estimate of drug-likeness (QED) is 0.813. The lowest BCUT2D eigenvalue weighted by molar-refractivity contribution is 0.0692. The van der Waals surface area contributed by atoms with Crippen LogP contribution in [-0.2, 0) is 10.0 Å². The first-order valence-corrected chi connectivity index (χ1v) is 10.1. The van der Waals surface area contributed by atoms with Gasteiger partial charge in [-0.2, -0.15) is 4.31 Å². The Kier molecular flexibility index (Phi) is 4.90. The number of carbonyl (C=O) groups is 1. The summed E-state index contributed by atoms with van der Waals surface area (Å²) in [5, 5.41) is 2.53. The third kappa shape index (κ3) is 3.58. The molecule has 2 aromatic rings. The number of hydrogen-bond donors (Lipinski definition) is 0. The van der Waals surface area contributed by atoms with Gasteiger partial charge >= 0.3 is 0 Å². The van der Waals surface area contributed by atoms with E-state index in [9.17, 15) is 17.6 Å². The van der Waals surface area contributed by atoms with E-state index in [0.29, 0.717) is 24.3 Å². The van der Waals surface area contributed by atoms with Crippen LogP contribution in [0.1, 0.15) is 21.1 Å². The number of sulfonamides is 1. The van der Waals surface area contributed by atoms with Crippen molar-refractivity contribution in [3.8, 4) is 0 Å². The van der Waals surface area contributed by atoms with Crippen molar-refractivity contribution in [2.75, 3.05) is 26.2 Å². The third-order valence-electron chi connectivity index (χ3n) is 4.12. The topological polar surface area (TPSA) is 70.6 Å². The summed E-state index contributed by atoms with van der Waals surface area (Å²) >= 11 is 1.41. The maximum absolute atomic E-state index is 13.2. The fraction of sp³-hybridized carbons (Fsp3) is 0.375. The molecular weight excluding hydrogens is 365 g/mol. The van der Waals surface area contributed by atoms with Crippen LogP contribution in [0.2, 0.25) is 0 Å². The number of amides is 1. The normalized spacial score (nSPS) is 16.2. The summed E-state index contributed by atoms with van der Waals surface area (Å²) in [4.78, 5) is 18.3. The Bertz CT molecular complexity index is 903. The zero-order valence-corrected chi connectivity index (χ0v) is 15.5. The molecule has 1 aliphatic heterocycles. The second-order valence-corrected chi connectivity index (χ2v) is 8.83. The van der Waals surface area contributed by atoms with Crippen LogP contribution < -0.4 is 0 Å². The van der Waals surface area contributed by atoms with Gasteiger partial charge in [0.1, 0.15) is 11.5 Å². The molecule has 0 spiro atoms. The van der Waals surface area contributed by atoms with Gasteiger partial charge in [0, 0.05) is 31.6 Å². The number of carbonyl (C=O) groups excluding carboxylic acids is 1. The summed E-state index contributed by atoms with van der Waals surface area (Å²) in [5.74, 6) is -0.648. The molecular formula is C16H18FN3O3S2. The van der Waals surface area contributed by atoms with E-state index in [0.717, 1.165) is 11.1 Å². The summed E-state index contributed by atoms with van der Waals surface area (Å²) in [6.07, 6.45) is 0. The van der Waals surface area contributed by atoms with E-state index < -0.39 is 15.8 Å². The van der Waals surface area contributed by atoms with E-state index in [1.807, 2.05) is 6.92 Å². The number of aryl methyl sites for hydroxylation is 2. The van der Waals surface area contributed by atoms with Gasteiger partial charge in [-0.15, -0.1) is 11.3 Å². The number of rotatable bonds is 3. The van der Waals surface area contributed by atoms with E-state index in [2.05, 4.69) is 4.98 Å². The molecule has 1 saturated heterocycles. The Labute approximate surface area is 150 Å². The highest BCUT2D eigenvalue weighted by Gasteiger charge is 2.31. The summed E-state index contributed by atoms with van der Waals surface area (Å²) in [5.41, 5.74) is 0.768. The van der Waals surface area contributed by atoms with E-state index >= 15 is 0 Å². The van der Waals surface area contributed by atoms with Crippen LogP contribution in [-0.4, -0.2) is 54.7 Å². The first kappa shape index (κ1) is 18.0. The molecule has 0 radical (unpaired) electrons. The van der Waals surface area contributed by atoms with Gasteiger partial charge in [-0.1, -0.05) is 0 Å². The Morgan fingerprint density at radius 1 is 1.20 bits per heavy atom. The fourth-order valence-electron chi connectivity index (χ4n) is 2.80. The fourth-order valence-corrected chi connectivity index (χ4v) is 5.01. The standard InChI is InChI=1S/C16H18FN3O3S2/c1-11-9-13(17)3-4-15(11)25(22,23)20-7-5-19(6-8-20)16(21)14-10-24-12(2)18-14/h3-4,9-10H,5-8H2,1-2H3. The molecule has 0 atom stereocenters. The van der Waals surface area contributed by atoms with Crippen molar-refractivity contribution >= 4 is 27.3 Å². The number of benzene rings is 1. The van der Waals surface area contributed by atoms with Crippen LogP contribution in [0.3, 0.4) is 0 Å². The van der Waals surface area contributed by atoms with Crippen LogP contribution in [0.4, 0.5) is 4.39 Å². The van der Waals surface area contributed by atoms with Gasteiger partial charge in [-0.05, 0) is 37.6 Å². The van der Waals surface area contributed by atoms with Gasteiger partial charge in [-0.25, -0.2) is 17.8 Å². The lowest BCUT2D eigenvalue weighted by Crippen LogP contribution is -2.50. The highest BCUT2D eigenvalue weighted by Crippen LogP contribution is 2.22. The molecule has 25 heavy (non-hydrogen) atoms. The van der Waals surface area contributed by atoms with Crippen molar-refractivity contribution in [2.45, 2.75) is 18.7 Å². The molecule has 0 N–H and O–H groups in total. The summed E-state index contributed by atoms with van der Waals surface area (Å²) in [7, 11) is -3.70. The Morgan fingerprint density at radius 2 is 1.88 bits per heavy atom. The highest BCUT2D eigenvalue weighted by molar-refractivity contribution is 7.89. The van der Waals surface area contributed by atoms with Gasteiger partial charge < -0.3 is 4.90 Å². The number of piperazine rings is 1. The molecule has 0 unspecified atom stereocenters. The zero-order chi connectivity index (χ0) is 18.2. The molecule has 3 rings (SSSR count). The van der Waals surface area contributed by atoms with Gasteiger partial charge in [0.05, 0.1) is 9.90 Å². The minimum absolute atomic E-state index is 0.101. The maximum atomic E-state index is 13.2. The van der Waals surface area contributed by atoms with Crippen molar-refractivity contribution < 1.29 is 17.6 Å². The molecule has 1 amide bonds. The Balaban J connectivity index is 1.72. The van der Waals surface area contributed by atoms with E-state index in [1.54, 1.807) is 17.2 Å². The van der Waals surface area contributed by atoms with Crippen LogP contribution in [0.25, 0.3) is 0 Å². The van der Waals surface area contributed by atoms with E-state index in [-0.39, 0.29) is 23.9 Å². The molecule has 6 nitrogen and oxygen atoms in total. The second kappa shape index (κ2) is 6.81. The molecule has 1 fully saturated rings. The SMILES string of the molecule is Cc1nc(C(=O)N2CCN(S(=O)(=O)c3ccc(F)cc3C)CC2)cs1. The number of hydrogen-bond acceptors (Lipinski definition) is 5. The van der Waals surface area contributed by atoms with Crippen LogP contribution in [0.15, 0.2) is 28.5 Å². The minimum atomic E-state index is -3.70. The number of nitrogens with zero attached hydrogens (tertiary/aromatic N) is 3. The molecule has 134 valence electrons. The number of halogens is 1. The molecule has 1 aliphatic rings. The highest BCUT2D eigenvalue weighted by atomic mass is 32.2. The maximum Gasteiger partial charge on any atom is 0.273 e. The van der Waals surface area contributed by atoms with E-state index in [4.69, 9.17) is 0 Å². The molecule has 1 aromatic heterocycles. The minimum Gasteiger partial charge on any atom is -0.335 e. The lowest BCUT2D eigenvalue weighted by atomic mass is 10.2. The summed E-state index contributed by atoms with van der Waals surface area (Å²) < 4.78 is 40.1. The number of aromatic nitrogens is 1. The van der Waals surface area contributed by atoms with Crippen molar-refractivity contribution in [3.05, 3.63) is 45.7 Å². The average Bonchev–Trinajstić information content (AvgIpc) is 3.00.